The summed E-state index contributed by atoms with van der Waals surface area (Å²) in [6.07, 6.45) is 3.30. The number of nitrogens with one attached hydrogen (secondary N) is 1. The molecular weight excluding hydrogens is 394 g/mol. The molecule has 0 aliphatic heterocycles. The molecule has 0 amide bonds. The van der Waals surface area contributed by atoms with Crippen molar-refractivity contribution in [2.24, 2.45) is 0 Å². The van der Waals surface area contributed by atoms with Gasteiger partial charge >= 0.3 is 0 Å². The fourth-order valence-corrected chi connectivity index (χ4v) is 3.53. The minimum atomic E-state index is 0.454. The maximum absolute atomic E-state index is 5.33. The topological polar surface area (TPSA) is 21.3 Å². The third-order valence-electron chi connectivity index (χ3n) is 3.93. The van der Waals surface area contributed by atoms with Crippen LogP contribution in [0.1, 0.15) is 17.5 Å². The lowest BCUT2D eigenvalue weighted by atomic mass is 9.88. The van der Waals surface area contributed by atoms with E-state index in [4.69, 9.17) is 4.74 Å². The van der Waals surface area contributed by atoms with E-state index >= 15 is 0 Å². The SMILES string of the molecule is COc1ccc2c(c1)CC(Nc1cc(Br)ccc1Br)CC2. The summed E-state index contributed by atoms with van der Waals surface area (Å²) in [5, 5.41) is 3.65. The van der Waals surface area contributed by atoms with Crippen LogP contribution in [-0.2, 0) is 12.8 Å². The van der Waals surface area contributed by atoms with Crippen molar-refractivity contribution in [1.82, 2.24) is 0 Å². The number of ether oxygens (including phenoxy) is 1. The highest BCUT2D eigenvalue weighted by Gasteiger charge is 2.19. The van der Waals surface area contributed by atoms with Crippen LogP contribution in [0.3, 0.4) is 0 Å². The molecule has 0 fully saturated rings. The van der Waals surface area contributed by atoms with Crippen molar-refractivity contribution in [3.05, 3.63) is 56.5 Å². The molecule has 0 heterocycles. The third kappa shape index (κ3) is 3.43. The van der Waals surface area contributed by atoms with Crippen molar-refractivity contribution in [3.63, 3.8) is 0 Å². The first-order chi connectivity index (χ1) is 10.2. The van der Waals surface area contributed by atoms with Crippen LogP contribution in [0.25, 0.3) is 0 Å². The van der Waals surface area contributed by atoms with Crippen LogP contribution in [0.15, 0.2) is 45.3 Å². The first-order valence-electron chi connectivity index (χ1n) is 7.03. The molecule has 2 aromatic carbocycles. The van der Waals surface area contributed by atoms with Gasteiger partial charge in [-0.3, -0.25) is 0 Å². The van der Waals surface area contributed by atoms with E-state index in [1.54, 1.807) is 7.11 Å². The smallest absolute Gasteiger partial charge is 0.119 e. The zero-order valence-corrected chi connectivity index (χ0v) is 15.0. The fraction of sp³-hybridized carbons (Fsp3) is 0.294. The number of fused-ring (bicyclic) bond motifs is 1. The molecule has 0 radical (unpaired) electrons. The molecule has 0 spiro atoms. The molecule has 1 atom stereocenters. The van der Waals surface area contributed by atoms with Crippen molar-refractivity contribution in [2.45, 2.75) is 25.3 Å². The van der Waals surface area contributed by atoms with Gasteiger partial charge in [0.2, 0.25) is 0 Å². The molecule has 1 aliphatic rings. The van der Waals surface area contributed by atoms with Crippen LogP contribution in [0.2, 0.25) is 0 Å². The molecule has 21 heavy (non-hydrogen) atoms. The maximum atomic E-state index is 5.33. The van der Waals surface area contributed by atoms with Crippen LogP contribution in [0.5, 0.6) is 5.75 Å². The van der Waals surface area contributed by atoms with E-state index in [0.717, 1.165) is 39.6 Å². The number of methoxy groups -OCH3 is 1. The summed E-state index contributed by atoms with van der Waals surface area (Å²) in [5.74, 6) is 0.943. The molecule has 1 aliphatic carbocycles. The monoisotopic (exact) mass is 409 g/mol. The summed E-state index contributed by atoms with van der Waals surface area (Å²) >= 11 is 7.14. The quantitative estimate of drug-likeness (QED) is 0.751. The van der Waals surface area contributed by atoms with Gasteiger partial charge in [0.25, 0.3) is 0 Å². The minimum absolute atomic E-state index is 0.454. The fourth-order valence-electron chi connectivity index (χ4n) is 2.81. The molecule has 0 saturated heterocycles. The van der Waals surface area contributed by atoms with E-state index in [1.807, 2.05) is 6.07 Å². The standard InChI is InChI=1S/C17H17Br2NO/c1-21-15-6-3-11-2-5-14(8-12(11)9-15)20-17-10-13(18)4-7-16(17)19/h3-4,6-7,9-10,14,20H,2,5,8H2,1H3. The molecule has 2 nitrogen and oxygen atoms in total. The Kier molecular flexibility index (Phi) is 4.55. The molecule has 110 valence electrons. The van der Waals surface area contributed by atoms with Gasteiger partial charge < -0.3 is 10.1 Å². The van der Waals surface area contributed by atoms with Crippen molar-refractivity contribution >= 4 is 37.5 Å². The number of aryl methyl sites for hydroxylation is 1. The zero-order chi connectivity index (χ0) is 14.8. The van der Waals surface area contributed by atoms with Crippen molar-refractivity contribution in [2.75, 3.05) is 12.4 Å². The van der Waals surface area contributed by atoms with Gasteiger partial charge in [-0.25, -0.2) is 0 Å². The lowest BCUT2D eigenvalue weighted by Crippen LogP contribution is -2.27. The van der Waals surface area contributed by atoms with Crippen LogP contribution in [0, 0.1) is 0 Å². The van der Waals surface area contributed by atoms with E-state index < -0.39 is 0 Å². The molecule has 0 aromatic heterocycles. The predicted molar refractivity (Wildman–Crippen MR) is 94.3 cm³/mol. The van der Waals surface area contributed by atoms with Crippen LogP contribution < -0.4 is 10.1 Å². The number of hydrogen-bond donors (Lipinski definition) is 1. The first-order valence-corrected chi connectivity index (χ1v) is 8.61. The Labute approximate surface area is 142 Å². The molecule has 0 bridgehead atoms. The van der Waals surface area contributed by atoms with Crippen molar-refractivity contribution < 1.29 is 4.74 Å². The average molecular weight is 411 g/mol. The van der Waals surface area contributed by atoms with Gasteiger partial charge in [0.05, 0.1) is 7.11 Å². The second kappa shape index (κ2) is 6.41. The second-order valence-electron chi connectivity index (χ2n) is 5.34. The van der Waals surface area contributed by atoms with Gasteiger partial charge in [0.1, 0.15) is 5.75 Å². The minimum Gasteiger partial charge on any atom is -0.497 e. The molecule has 1 N–H and O–H groups in total. The lowest BCUT2D eigenvalue weighted by Gasteiger charge is -2.27. The van der Waals surface area contributed by atoms with Gasteiger partial charge in [0, 0.05) is 20.7 Å². The second-order valence-corrected chi connectivity index (χ2v) is 7.11. The molecule has 3 rings (SSSR count). The van der Waals surface area contributed by atoms with Gasteiger partial charge in [0.15, 0.2) is 0 Å². The molecular formula is C17H17Br2NO. The third-order valence-corrected chi connectivity index (χ3v) is 5.11. The lowest BCUT2D eigenvalue weighted by molar-refractivity contribution is 0.413. The Morgan fingerprint density at radius 3 is 2.76 bits per heavy atom. The highest BCUT2D eigenvalue weighted by Crippen LogP contribution is 2.31. The highest BCUT2D eigenvalue weighted by molar-refractivity contribution is 9.11. The Hall–Kier alpha value is -1.000. The first kappa shape index (κ1) is 14.9. The Bertz CT molecular complexity index is 657. The Morgan fingerprint density at radius 2 is 1.95 bits per heavy atom. The van der Waals surface area contributed by atoms with E-state index in [2.05, 4.69) is 67.5 Å². The Morgan fingerprint density at radius 1 is 1.10 bits per heavy atom. The van der Waals surface area contributed by atoms with Crippen LogP contribution >= 0.6 is 31.9 Å². The molecule has 1 unspecified atom stereocenters. The van der Waals surface area contributed by atoms with Gasteiger partial charge in [-0.1, -0.05) is 22.0 Å². The number of halogens is 2. The predicted octanol–water partition coefficient (Wildman–Crippen LogP) is 5.19. The van der Waals surface area contributed by atoms with Gasteiger partial charge in [-0.2, -0.15) is 0 Å². The van der Waals surface area contributed by atoms with Gasteiger partial charge in [-0.05, 0) is 76.7 Å². The number of anilines is 1. The van der Waals surface area contributed by atoms with E-state index in [1.165, 1.54) is 11.1 Å². The zero-order valence-electron chi connectivity index (χ0n) is 11.8. The van der Waals surface area contributed by atoms with E-state index in [0.29, 0.717) is 6.04 Å². The van der Waals surface area contributed by atoms with Crippen molar-refractivity contribution in [1.29, 1.82) is 0 Å². The van der Waals surface area contributed by atoms with Crippen LogP contribution in [0.4, 0.5) is 5.69 Å². The van der Waals surface area contributed by atoms with Crippen LogP contribution in [-0.4, -0.2) is 13.2 Å². The summed E-state index contributed by atoms with van der Waals surface area (Å²) in [4.78, 5) is 0. The normalized spacial score (nSPS) is 17.2. The highest BCUT2D eigenvalue weighted by atomic mass is 79.9. The molecule has 4 heteroatoms. The summed E-state index contributed by atoms with van der Waals surface area (Å²) in [6.45, 7) is 0. The van der Waals surface area contributed by atoms with E-state index in [9.17, 15) is 0 Å². The van der Waals surface area contributed by atoms with Gasteiger partial charge in [-0.15, -0.1) is 0 Å². The summed E-state index contributed by atoms with van der Waals surface area (Å²) in [7, 11) is 1.72. The molecule has 2 aromatic rings. The summed E-state index contributed by atoms with van der Waals surface area (Å²) < 4.78 is 7.52. The summed E-state index contributed by atoms with van der Waals surface area (Å²) in [5.41, 5.74) is 3.98. The largest absolute Gasteiger partial charge is 0.497 e. The Balaban J connectivity index is 1.78. The molecule has 0 saturated carbocycles. The van der Waals surface area contributed by atoms with Crippen molar-refractivity contribution in [3.8, 4) is 5.75 Å². The number of benzene rings is 2. The maximum Gasteiger partial charge on any atom is 0.119 e. The van der Waals surface area contributed by atoms with E-state index in [-0.39, 0.29) is 0 Å². The number of rotatable bonds is 3. The summed E-state index contributed by atoms with van der Waals surface area (Å²) in [6, 6.07) is 13.1. The number of hydrogen-bond acceptors (Lipinski definition) is 2. The average Bonchev–Trinajstić information content (AvgIpc) is 2.50.